The van der Waals surface area contributed by atoms with Crippen LogP contribution in [-0.4, -0.2) is 4.87 Å². The van der Waals surface area contributed by atoms with E-state index < -0.39 is 0 Å². The first-order chi connectivity index (χ1) is 4.81. The second-order valence-corrected chi connectivity index (χ2v) is 6.03. The summed E-state index contributed by atoms with van der Waals surface area (Å²) in [6, 6.07) is 0. The molecule has 0 radical (unpaired) electrons. The lowest BCUT2D eigenvalue weighted by Crippen LogP contribution is -2.34. The molecule has 1 N–H and O–H groups in total. The Hall–Kier alpha value is -0.110. The van der Waals surface area contributed by atoms with Gasteiger partial charge in [0, 0.05) is 11.1 Å². The number of thioether (sulfide) groups is 1. The van der Waals surface area contributed by atoms with Crippen LogP contribution in [0.15, 0.2) is 11.1 Å². The van der Waals surface area contributed by atoms with Gasteiger partial charge in [-0.1, -0.05) is 20.8 Å². The first-order valence-corrected chi connectivity index (χ1v) is 4.86. The van der Waals surface area contributed by atoms with Crippen LogP contribution in [0.1, 0.15) is 34.6 Å². The number of hydrogen-bond donors (Lipinski definition) is 1. The molecule has 0 aromatic carbocycles. The van der Waals surface area contributed by atoms with Crippen LogP contribution in [0.5, 0.6) is 0 Å². The molecule has 1 aliphatic heterocycles. The fourth-order valence-electron chi connectivity index (χ4n) is 0.954. The maximum absolute atomic E-state index is 3.49. The van der Waals surface area contributed by atoms with Crippen LogP contribution in [0.4, 0.5) is 0 Å². The summed E-state index contributed by atoms with van der Waals surface area (Å²) in [5, 5.41) is 5.73. The summed E-state index contributed by atoms with van der Waals surface area (Å²) in [6.07, 6.45) is 0. The van der Waals surface area contributed by atoms with Crippen LogP contribution in [-0.2, 0) is 0 Å². The van der Waals surface area contributed by atoms with Gasteiger partial charge in [0.25, 0.3) is 0 Å². The van der Waals surface area contributed by atoms with Gasteiger partial charge in [-0.25, -0.2) is 0 Å². The van der Waals surface area contributed by atoms with Crippen molar-refractivity contribution in [2.24, 2.45) is 5.41 Å². The lowest BCUT2D eigenvalue weighted by molar-refractivity contribution is 0.439. The zero-order chi connectivity index (χ0) is 8.70. The molecular weight excluding hydrogens is 154 g/mol. The van der Waals surface area contributed by atoms with E-state index in [1.54, 1.807) is 0 Å². The van der Waals surface area contributed by atoms with Crippen LogP contribution in [0, 0.1) is 5.41 Å². The molecule has 0 aliphatic carbocycles. The predicted molar refractivity (Wildman–Crippen MR) is 52.3 cm³/mol. The minimum absolute atomic E-state index is 0.197. The average molecular weight is 171 g/mol. The molecule has 64 valence electrons. The Morgan fingerprint density at radius 1 is 1.36 bits per heavy atom. The zero-order valence-electron chi connectivity index (χ0n) is 7.99. The van der Waals surface area contributed by atoms with E-state index in [9.17, 15) is 0 Å². The number of rotatable bonds is 0. The summed E-state index contributed by atoms with van der Waals surface area (Å²) in [7, 11) is 0. The topological polar surface area (TPSA) is 12.0 Å². The first kappa shape index (κ1) is 8.98. The highest BCUT2D eigenvalue weighted by molar-refractivity contribution is 8.03. The normalized spacial score (nSPS) is 22.8. The average Bonchev–Trinajstić information content (AvgIpc) is 2.07. The smallest absolute Gasteiger partial charge is 0.0815 e. The van der Waals surface area contributed by atoms with E-state index in [1.807, 2.05) is 11.8 Å². The Labute approximate surface area is 73.6 Å². The number of nitrogens with one attached hydrogen (secondary N) is 1. The molecule has 0 unspecified atom stereocenters. The van der Waals surface area contributed by atoms with Gasteiger partial charge in [0.1, 0.15) is 0 Å². The molecule has 0 aromatic rings. The zero-order valence-corrected chi connectivity index (χ0v) is 8.80. The highest BCUT2D eigenvalue weighted by atomic mass is 32.2. The molecule has 0 saturated carbocycles. The minimum atomic E-state index is 0.197. The second-order valence-electron chi connectivity index (χ2n) is 4.53. The summed E-state index contributed by atoms with van der Waals surface area (Å²) in [4.78, 5) is 0.197. The van der Waals surface area contributed by atoms with Crippen molar-refractivity contribution in [3.8, 4) is 0 Å². The van der Waals surface area contributed by atoms with E-state index in [0.717, 1.165) is 0 Å². The molecule has 1 heterocycles. The van der Waals surface area contributed by atoms with Crippen molar-refractivity contribution in [2.75, 3.05) is 0 Å². The van der Waals surface area contributed by atoms with E-state index in [0.29, 0.717) is 0 Å². The van der Waals surface area contributed by atoms with E-state index in [4.69, 9.17) is 0 Å². The van der Waals surface area contributed by atoms with Crippen LogP contribution < -0.4 is 5.32 Å². The molecule has 0 saturated heterocycles. The fourth-order valence-corrected chi connectivity index (χ4v) is 1.95. The Morgan fingerprint density at radius 2 is 1.91 bits per heavy atom. The van der Waals surface area contributed by atoms with Gasteiger partial charge in [0.2, 0.25) is 0 Å². The van der Waals surface area contributed by atoms with Gasteiger partial charge in [-0.15, -0.1) is 11.8 Å². The molecule has 0 bridgehead atoms. The monoisotopic (exact) mass is 171 g/mol. The van der Waals surface area contributed by atoms with Crippen LogP contribution in [0.2, 0.25) is 0 Å². The maximum Gasteiger partial charge on any atom is 0.0815 e. The van der Waals surface area contributed by atoms with Gasteiger partial charge in [0.05, 0.1) is 4.87 Å². The minimum Gasteiger partial charge on any atom is -0.373 e. The summed E-state index contributed by atoms with van der Waals surface area (Å²) >= 11 is 1.86. The second kappa shape index (κ2) is 2.44. The van der Waals surface area contributed by atoms with Gasteiger partial charge in [0.15, 0.2) is 0 Å². The van der Waals surface area contributed by atoms with Crippen LogP contribution in [0.25, 0.3) is 0 Å². The summed E-state index contributed by atoms with van der Waals surface area (Å²) in [5.41, 5.74) is 1.62. The molecular formula is C9H17NS. The third-order valence-corrected chi connectivity index (χ3v) is 2.76. The van der Waals surface area contributed by atoms with Crippen molar-refractivity contribution < 1.29 is 0 Å². The van der Waals surface area contributed by atoms with Crippen LogP contribution in [0.3, 0.4) is 0 Å². The van der Waals surface area contributed by atoms with Crippen molar-refractivity contribution in [3.05, 3.63) is 11.1 Å². The number of allylic oxidation sites excluding steroid dienone is 1. The Kier molecular flexibility index (Phi) is 1.99. The Morgan fingerprint density at radius 3 is 2.09 bits per heavy atom. The molecule has 1 rings (SSSR count). The standard InChI is InChI=1S/C9H17NS/c1-8(2,3)7-6-11-9(4,5)10-7/h6,10H,1-5H3. The van der Waals surface area contributed by atoms with Crippen molar-refractivity contribution in [2.45, 2.75) is 39.5 Å². The van der Waals surface area contributed by atoms with Crippen LogP contribution >= 0.6 is 11.8 Å². The summed E-state index contributed by atoms with van der Waals surface area (Å²) < 4.78 is 0. The molecule has 0 spiro atoms. The Bertz CT molecular complexity index is 186. The molecule has 1 nitrogen and oxygen atoms in total. The third kappa shape index (κ3) is 2.16. The van der Waals surface area contributed by atoms with Gasteiger partial charge in [-0.05, 0) is 19.3 Å². The maximum atomic E-state index is 3.49. The van der Waals surface area contributed by atoms with Crippen molar-refractivity contribution in [1.82, 2.24) is 5.32 Å². The summed E-state index contributed by atoms with van der Waals surface area (Å²) in [5.74, 6) is 0. The van der Waals surface area contributed by atoms with Gasteiger partial charge >= 0.3 is 0 Å². The molecule has 0 aromatic heterocycles. The third-order valence-electron chi connectivity index (χ3n) is 1.72. The molecule has 2 heteroatoms. The first-order valence-electron chi connectivity index (χ1n) is 3.98. The lowest BCUT2D eigenvalue weighted by atomic mass is 9.92. The molecule has 0 amide bonds. The largest absolute Gasteiger partial charge is 0.373 e. The van der Waals surface area contributed by atoms with Gasteiger partial charge in [-0.3, -0.25) is 0 Å². The van der Waals surface area contributed by atoms with E-state index in [2.05, 4.69) is 45.3 Å². The molecule has 0 fully saturated rings. The molecule has 11 heavy (non-hydrogen) atoms. The quantitative estimate of drug-likeness (QED) is 0.601. The van der Waals surface area contributed by atoms with Crippen molar-refractivity contribution >= 4 is 11.8 Å². The molecule has 1 aliphatic rings. The SMILES string of the molecule is CC1(C)NC(C(C)(C)C)=CS1. The van der Waals surface area contributed by atoms with Crippen molar-refractivity contribution in [3.63, 3.8) is 0 Å². The van der Waals surface area contributed by atoms with Gasteiger partial charge in [-0.2, -0.15) is 0 Å². The highest BCUT2D eigenvalue weighted by Crippen LogP contribution is 2.37. The predicted octanol–water partition coefficient (Wildman–Crippen LogP) is 2.95. The summed E-state index contributed by atoms with van der Waals surface area (Å²) in [6.45, 7) is 11.1. The van der Waals surface area contributed by atoms with E-state index >= 15 is 0 Å². The highest BCUT2D eigenvalue weighted by Gasteiger charge is 2.29. The fraction of sp³-hybridized carbons (Fsp3) is 0.778. The van der Waals surface area contributed by atoms with Crippen molar-refractivity contribution in [1.29, 1.82) is 0 Å². The number of hydrogen-bond acceptors (Lipinski definition) is 2. The lowest BCUT2D eigenvalue weighted by Gasteiger charge is -2.26. The Balaban J connectivity index is 2.68. The molecule has 0 atom stereocenters. The van der Waals surface area contributed by atoms with Gasteiger partial charge < -0.3 is 5.32 Å². The van der Waals surface area contributed by atoms with E-state index in [1.165, 1.54) is 5.70 Å². The van der Waals surface area contributed by atoms with E-state index in [-0.39, 0.29) is 10.3 Å².